The van der Waals surface area contributed by atoms with E-state index >= 15 is 0 Å². The highest BCUT2D eigenvalue weighted by atomic mass is 16.5. The van der Waals surface area contributed by atoms with Crippen molar-refractivity contribution >= 4 is 16.7 Å². The molecule has 0 saturated heterocycles. The Balaban J connectivity index is 1.45. The number of ketones is 1. The van der Waals surface area contributed by atoms with Gasteiger partial charge in [0.2, 0.25) is 0 Å². The molecular weight excluding hydrogens is 494 g/mol. The summed E-state index contributed by atoms with van der Waals surface area (Å²) in [7, 11) is 0. The molecule has 0 spiro atoms. The van der Waals surface area contributed by atoms with Crippen LogP contribution >= 0.6 is 0 Å². The Labute approximate surface area is 225 Å². The first-order valence-corrected chi connectivity index (χ1v) is 13.2. The van der Waals surface area contributed by atoms with Crippen molar-refractivity contribution in [2.75, 3.05) is 6.61 Å². The van der Waals surface area contributed by atoms with Crippen molar-refractivity contribution in [1.82, 2.24) is 33.6 Å². The van der Waals surface area contributed by atoms with Crippen LogP contribution in [0.3, 0.4) is 0 Å². The molecule has 0 atom stereocenters. The second-order valence-electron chi connectivity index (χ2n) is 10.1. The lowest BCUT2D eigenvalue weighted by Gasteiger charge is -2.14. The van der Waals surface area contributed by atoms with Crippen LogP contribution in [0.1, 0.15) is 57.7 Å². The number of ether oxygens (including phenoxy) is 1. The van der Waals surface area contributed by atoms with Gasteiger partial charge >= 0.3 is 0 Å². The number of pyridine rings is 1. The lowest BCUT2D eigenvalue weighted by Crippen LogP contribution is -2.20. The maximum absolute atomic E-state index is 13.8. The molecule has 0 unspecified atom stereocenters. The molecule has 0 radical (unpaired) electrons. The third kappa shape index (κ3) is 4.73. The lowest BCUT2D eigenvalue weighted by molar-refractivity contribution is -0.120. The minimum absolute atomic E-state index is 0.0159. The second kappa shape index (κ2) is 9.94. The maximum Gasteiger partial charge on any atom is 0.267 e. The molecule has 1 aromatic carbocycles. The van der Waals surface area contributed by atoms with Crippen LogP contribution < -0.4 is 10.3 Å². The Bertz CT molecular complexity index is 1740. The molecule has 198 valence electrons. The summed E-state index contributed by atoms with van der Waals surface area (Å²) in [5.41, 5.74) is 2.50. The van der Waals surface area contributed by atoms with Crippen LogP contribution in [-0.2, 0) is 4.79 Å². The van der Waals surface area contributed by atoms with Gasteiger partial charge in [0.1, 0.15) is 30.2 Å². The monoisotopic (exact) mass is 523 g/mol. The molecule has 1 saturated carbocycles. The third-order valence-electron chi connectivity index (χ3n) is 6.93. The molecule has 0 aliphatic heterocycles. The zero-order valence-electron chi connectivity index (χ0n) is 22.1. The Kier molecular flexibility index (Phi) is 6.30. The molecule has 39 heavy (non-hydrogen) atoms. The number of carbonyl (C=O) groups excluding carboxylic acids is 1. The summed E-state index contributed by atoms with van der Waals surface area (Å²) >= 11 is 0. The van der Waals surface area contributed by atoms with E-state index < -0.39 is 0 Å². The number of rotatable bonds is 9. The first-order valence-electron chi connectivity index (χ1n) is 13.2. The standard InChI is InChI=1S/C29H29N7O3/c1-4-20(37)15-39-26-13-23-21(12-25(26)34-14-24(31-16-34)19-8-9-19)29(38)36(17-32-23)27-7-5-6-22(33-27)28-30-10-11-35(28)18(2)3/h5-7,10-14,16-19H,4,8-9,15H2,1-3H3. The van der Waals surface area contributed by atoms with E-state index in [0.717, 1.165) is 24.4 Å². The highest BCUT2D eigenvalue weighted by Gasteiger charge is 2.26. The highest BCUT2D eigenvalue weighted by molar-refractivity contribution is 5.84. The van der Waals surface area contributed by atoms with Gasteiger partial charge in [0.15, 0.2) is 11.6 Å². The van der Waals surface area contributed by atoms with Gasteiger partial charge in [0.05, 0.1) is 28.6 Å². The van der Waals surface area contributed by atoms with Gasteiger partial charge in [-0.05, 0) is 44.9 Å². The maximum atomic E-state index is 13.8. The predicted molar refractivity (Wildman–Crippen MR) is 147 cm³/mol. The van der Waals surface area contributed by atoms with Crippen LogP contribution in [0.2, 0.25) is 0 Å². The number of fused-ring (bicyclic) bond motifs is 1. The van der Waals surface area contributed by atoms with Crippen molar-refractivity contribution in [3.63, 3.8) is 0 Å². The number of hydrogen-bond acceptors (Lipinski definition) is 7. The van der Waals surface area contributed by atoms with E-state index in [-0.39, 0.29) is 24.0 Å². The van der Waals surface area contributed by atoms with Crippen molar-refractivity contribution in [2.45, 2.75) is 52.0 Å². The SMILES string of the molecule is CCC(=O)COc1cc2ncn(-c3cccc(-c4nccn4C(C)C)n3)c(=O)c2cc1-n1cnc(C2CC2)c1. The van der Waals surface area contributed by atoms with Gasteiger partial charge in [-0.2, -0.15) is 0 Å². The molecule has 6 rings (SSSR count). The Morgan fingerprint density at radius 2 is 1.97 bits per heavy atom. The summed E-state index contributed by atoms with van der Waals surface area (Å²) in [6.07, 6.45) is 11.4. The molecule has 10 heteroatoms. The van der Waals surface area contributed by atoms with E-state index in [9.17, 15) is 9.59 Å². The number of imidazole rings is 2. The largest absolute Gasteiger partial charge is 0.484 e. The van der Waals surface area contributed by atoms with E-state index in [1.165, 1.54) is 10.9 Å². The molecular formula is C29H29N7O3. The number of Topliss-reactive ketones (excluding diaryl/α,β-unsaturated/α-hetero) is 1. The Morgan fingerprint density at radius 1 is 1.13 bits per heavy atom. The highest BCUT2D eigenvalue weighted by Crippen LogP contribution is 2.39. The molecule has 1 fully saturated rings. The van der Waals surface area contributed by atoms with E-state index in [4.69, 9.17) is 9.72 Å². The molecule has 0 bridgehead atoms. The van der Waals surface area contributed by atoms with Gasteiger partial charge < -0.3 is 13.9 Å². The fourth-order valence-electron chi connectivity index (χ4n) is 4.55. The molecule has 0 amide bonds. The average Bonchev–Trinajstić information content (AvgIpc) is 3.46. The van der Waals surface area contributed by atoms with Gasteiger partial charge in [0, 0.05) is 43.0 Å². The predicted octanol–water partition coefficient (Wildman–Crippen LogP) is 4.65. The fourth-order valence-corrected chi connectivity index (χ4v) is 4.55. The molecule has 1 aliphatic carbocycles. The molecule has 4 heterocycles. The van der Waals surface area contributed by atoms with Crippen LogP contribution in [0.5, 0.6) is 5.75 Å². The van der Waals surface area contributed by atoms with Gasteiger partial charge in [-0.1, -0.05) is 13.0 Å². The molecule has 4 aromatic heterocycles. The van der Waals surface area contributed by atoms with E-state index in [0.29, 0.717) is 46.2 Å². The summed E-state index contributed by atoms with van der Waals surface area (Å²) in [6.45, 7) is 5.90. The number of benzene rings is 1. The topological polar surface area (TPSA) is 110 Å². The summed E-state index contributed by atoms with van der Waals surface area (Å²) in [5.74, 6) is 2.10. The van der Waals surface area contributed by atoms with E-state index in [1.54, 1.807) is 37.6 Å². The number of aromatic nitrogens is 7. The van der Waals surface area contributed by atoms with Crippen molar-refractivity contribution < 1.29 is 9.53 Å². The third-order valence-corrected chi connectivity index (χ3v) is 6.93. The number of nitrogens with zero attached hydrogens (tertiary/aromatic N) is 7. The second-order valence-corrected chi connectivity index (χ2v) is 10.1. The van der Waals surface area contributed by atoms with Crippen LogP contribution in [-0.4, -0.2) is 46.0 Å². The summed E-state index contributed by atoms with van der Waals surface area (Å²) in [4.78, 5) is 44.1. The van der Waals surface area contributed by atoms with Crippen LogP contribution in [0.15, 0.2) is 66.4 Å². The fraction of sp³-hybridized carbons (Fsp3) is 0.310. The lowest BCUT2D eigenvalue weighted by atomic mass is 10.2. The van der Waals surface area contributed by atoms with E-state index in [2.05, 4.69) is 28.8 Å². The van der Waals surface area contributed by atoms with Gasteiger partial charge in [-0.25, -0.2) is 19.9 Å². The first kappa shape index (κ1) is 24.7. The molecule has 1 aliphatic rings. The molecule has 0 N–H and O–H groups in total. The number of hydrogen-bond donors (Lipinski definition) is 0. The van der Waals surface area contributed by atoms with Gasteiger partial charge in [-0.3, -0.25) is 14.2 Å². The quantitative estimate of drug-likeness (QED) is 0.277. The first-order chi connectivity index (χ1) is 18.9. The van der Waals surface area contributed by atoms with Crippen molar-refractivity contribution in [1.29, 1.82) is 0 Å². The summed E-state index contributed by atoms with van der Waals surface area (Å²) in [6, 6.07) is 9.17. The van der Waals surface area contributed by atoms with E-state index in [1.807, 2.05) is 33.7 Å². The smallest absolute Gasteiger partial charge is 0.267 e. The van der Waals surface area contributed by atoms with Crippen LogP contribution in [0, 0.1) is 0 Å². The molecule has 5 aromatic rings. The average molecular weight is 524 g/mol. The van der Waals surface area contributed by atoms with Crippen molar-refractivity contribution in [3.05, 3.63) is 77.6 Å². The Morgan fingerprint density at radius 3 is 2.74 bits per heavy atom. The molecule has 10 nitrogen and oxygen atoms in total. The van der Waals surface area contributed by atoms with Crippen LogP contribution in [0.4, 0.5) is 0 Å². The number of carbonyl (C=O) groups is 1. The summed E-state index contributed by atoms with van der Waals surface area (Å²) < 4.78 is 11.2. The minimum Gasteiger partial charge on any atom is -0.484 e. The van der Waals surface area contributed by atoms with Gasteiger partial charge in [-0.15, -0.1) is 0 Å². The zero-order chi connectivity index (χ0) is 27.1. The van der Waals surface area contributed by atoms with Crippen LogP contribution in [0.25, 0.3) is 33.9 Å². The zero-order valence-corrected chi connectivity index (χ0v) is 22.1. The van der Waals surface area contributed by atoms with Crippen molar-refractivity contribution in [2.24, 2.45) is 0 Å². The summed E-state index contributed by atoms with van der Waals surface area (Å²) in [5, 5.41) is 0.402. The van der Waals surface area contributed by atoms with Gasteiger partial charge in [0.25, 0.3) is 5.56 Å². The Hall–Kier alpha value is -4.60. The van der Waals surface area contributed by atoms with Crippen molar-refractivity contribution in [3.8, 4) is 28.8 Å². The minimum atomic E-state index is -0.267. The normalized spacial score (nSPS) is 13.3.